The predicted molar refractivity (Wildman–Crippen MR) is 93.0 cm³/mol. The van der Waals surface area contributed by atoms with Crippen LogP contribution in [0.5, 0.6) is 0 Å². The van der Waals surface area contributed by atoms with E-state index in [1.165, 1.54) is 11.1 Å². The van der Waals surface area contributed by atoms with Gasteiger partial charge in [-0.3, -0.25) is 0 Å². The van der Waals surface area contributed by atoms with E-state index in [0.717, 1.165) is 29.4 Å². The van der Waals surface area contributed by atoms with Gasteiger partial charge in [0.1, 0.15) is 0 Å². The Bertz CT molecular complexity index is 659. The Morgan fingerprint density at radius 3 is 2.67 bits per heavy atom. The lowest BCUT2D eigenvalue weighted by atomic mass is 9.78. The van der Waals surface area contributed by atoms with Crippen LogP contribution in [-0.2, 0) is 12.8 Å². The number of hydrogen-bond donors (Lipinski definition) is 2. The molecule has 110 valence electrons. The minimum absolute atomic E-state index is 0.0918. The molecule has 0 bridgehead atoms. The van der Waals surface area contributed by atoms with Crippen LogP contribution in [0.2, 0.25) is 5.02 Å². The normalized spacial score (nSPS) is 20.9. The van der Waals surface area contributed by atoms with Crippen molar-refractivity contribution in [2.24, 2.45) is 5.73 Å². The number of fused-ring (bicyclic) bond motifs is 1. The smallest absolute Gasteiger partial charge is 0.0568 e. The van der Waals surface area contributed by atoms with Crippen molar-refractivity contribution in [1.29, 1.82) is 0 Å². The Labute approximate surface area is 138 Å². The van der Waals surface area contributed by atoms with Crippen molar-refractivity contribution in [2.45, 2.75) is 24.8 Å². The average molecular weight is 366 g/mol. The van der Waals surface area contributed by atoms with E-state index >= 15 is 0 Å². The van der Waals surface area contributed by atoms with Crippen LogP contribution >= 0.6 is 27.5 Å². The van der Waals surface area contributed by atoms with Gasteiger partial charge < -0.3 is 11.1 Å². The van der Waals surface area contributed by atoms with E-state index in [1.807, 2.05) is 18.2 Å². The van der Waals surface area contributed by atoms with Gasteiger partial charge in [-0.05, 0) is 64.5 Å². The van der Waals surface area contributed by atoms with Crippen LogP contribution in [0.1, 0.15) is 17.5 Å². The van der Waals surface area contributed by atoms with Gasteiger partial charge in [0.05, 0.1) is 10.6 Å². The number of hydrogen-bond acceptors (Lipinski definition) is 2. The summed E-state index contributed by atoms with van der Waals surface area (Å²) in [7, 11) is 0. The summed E-state index contributed by atoms with van der Waals surface area (Å²) in [5.41, 5.74) is 9.87. The number of benzene rings is 2. The van der Waals surface area contributed by atoms with Crippen LogP contribution in [0.25, 0.3) is 0 Å². The first-order chi connectivity index (χ1) is 10.1. The largest absolute Gasteiger partial charge is 0.378 e. The molecule has 0 heterocycles. The van der Waals surface area contributed by atoms with Crippen molar-refractivity contribution in [3.63, 3.8) is 0 Å². The highest BCUT2D eigenvalue weighted by Gasteiger charge is 2.33. The fourth-order valence-electron chi connectivity index (χ4n) is 3.01. The van der Waals surface area contributed by atoms with Crippen LogP contribution in [0.15, 0.2) is 46.9 Å². The van der Waals surface area contributed by atoms with Gasteiger partial charge in [0.2, 0.25) is 0 Å². The maximum absolute atomic E-state index is 6.18. The van der Waals surface area contributed by atoms with Crippen molar-refractivity contribution in [1.82, 2.24) is 0 Å². The molecule has 3 N–H and O–H groups in total. The fourth-order valence-corrected chi connectivity index (χ4v) is 3.44. The quantitative estimate of drug-likeness (QED) is 0.846. The third-order valence-corrected chi connectivity index (χ3v) is 5.47. The molecule has 0 aliphatic heterocycles. The SMILES string of the molecule is NCC1(Nc2ccc(Br)c(Cl)c2)CCc2ccccc2C1. The predicted octanol–water partition coefficient (Wildman–Crippen LogP) is 4.40. The first-order valence-electron chi connectivity index (χ1n) is 7.12. The fraction of sp³-hybridized carbons (Fsp3) is 0.294. The molecule has 0 amide bonds. The minimum Gasteiger partial charge on any atom is -0.378 e. The second-order valence-electron chi connectivity index (χ2n) is 5.68. The van der Waals surface area contributed by atoms with Crippen LogP contribution < -0.4 is 11.1 Å². The molecule has 0 saturated carbocycles. The standard InChI is InChI=1S/C17H18BrClN2/c18-15-6-5-14(9-16(15)19)21-17(11-20)8-7-12-3-1-2-4-13(12)10-17/h1-6,9,21H,7-8,10-11,20H2. The third-order valence-electron chi connectivity index (χ3n) is 4.24. The Balaban J connectivity index is 1.86. The van der Waals surface area contributed by atoms with Crippen molar-refractivity contribution < 1.29 is 0 Å². The van der Waals surface area contributed by atoms with Crippen LogP contribution in [0.4, 0.5) is 5.69 Å². The molecule has 4 heteroatoms. The summed E-state index contributed by atoms with van der Waals surface area (Å²) in [6.45, 7) is 0.606. The molecule has 2 aromatic rings. The number of rotatable bonds is 3. The van der Waals surface area contributed by atoms with Gasteiger partial charge in [0.15, 0.2) is 0 Å². The van der Waals surface area contributed by atoms with Gasteiger partial charge in [-0.25, -0.2) is 0 Å². The average Bonchev–Trinajstić information content (AvgIpc) is 2.51. The van der Waals surface area contributed by atoms with E-state index in [4.69, 9.17) is 17.3 Å². The van der Waals surface area contributed by atoms with Gasteiger partial charge in [-0.15, -0.1) is 0 Å². The monoisotopic (exact) mass is 364 g/mol. The van der Waals surface area contributed by atoms with E-state index in [2.05, 4.69) is 45.5 Å². The van der Waals surface area contributed by atoms with Crippen molar-refractivity contribution in [2.75, 3.05) is 11.9 Å². The van der Waals surface area contributed by atoms with Crippen LogP contribution in [-0.4, -0.2) is 12.1 Å². The maximum Gasteiger partial charge on any atom is 0.0568 e. The van der Waals surface area contributed by atoms with E-state index in [1.54, 1.807) is 0 Å². The molecule has 0 saturated heterocycles. The summed E-state index contributed by atoms with van der Waals surface area (Å²) in [6, 6.07) is 14.6. The minimum atomic E-state index is -0.0918. The first-order valence-corrected chi connectivity index (χ1v) is 8.29. The number of halogens is 2. The molecule has 1 atom stereocenters. The molecule has 1 aliphatic rings. The number of nitrogens with one attached hydrogen (secondary N) is 1. The molecule has 0 aromatic heterocycles. The number of aryl methyl sites for hydroxylation is 1. The molecule has 2 nitrogen and oxygen atoms in total. The Kier molecular flexibility index (Phi) is 4.25. The molecule has 0 fully saturated rings. The Morgan fingerprint density at radius 2 is 1.95 bits per heavy atom. The highest BCUT2D eigenvalue weighted by Crippen LogP contribution is 2.33. The highest BCUT2D eigenvalue weighted by atomic mass is 79.9. The van der Waals surface area contributed by atoms with Gasteiger partial charge in [-0.2, -0.15) is 0 Å². The zero-order valence-electron chi connectivity index (χ0n) is 11.7. The van der Waals surface area contributed by atoms with Crippen molar-refractivity contribution >= 4 is 33.2 Å². The number of anilines is 1. The van der Waals surface area contributed by atoms with E-state index in [9.17, 15) is 0 Å². The Hall–Kier alpha value is -1.03. The van der Waals surface area contributed by atoms with E-state index in [0.29, 0.717) is 11.6 Å². The zero-order valence-corrected chi connectivity index (χ0v) is 14.0. The van der Waals surface area contributed by atoms with Gasteiger partial charge in [-0.1, -0.05) is 35.9 Å². The van der Waals surface area contributed by atoms with Crippen LogP contribution in [0, 0.1) is 0 Å². The summed E-state index contributed by atoms with van der Waals surface area (Å²) in [5.74, 6) is 0. The lowest BCUT2D eigenvalue weighted by Crippen LogP contribution is -2.49. The number of nitrogens with two attached hydrogens (primary N) is 1. The van der Waals surface area contributed by atoms with E-state index in [-0.39, 0.29) is 5.54 Å². The molecular weight excluding hydrogens is 348 g/mol. The van der Waals surface area contributed by atoms with Gasteiger partial charge >= 0.3 is 0 Å². The summed E-state index contributed by atoms with van der Waals surface area (Å²) in [4.78, 5) is 0. The molecular formula is C17H18BrClN2. The Morgan fingerprint density at radius 1 is 1.19 bits per heavy atom. The molecule has 1 unspecified atom stereocenters. The molecule has 0 radical (unpaired) electrons. The lowest BCUT2D eigenvalue weighted by molar-refractivity contribution is 0.417. The summed E-state index contributed by atoms with van der Waals surface area (Å²) >= 11 is 9.61. The second-order valence-corrected chi connectivity index (χ2v) is 6.95. The highest BCUT2D eigenvalue weighted by molar-refractivity contribution is 9.10. The molecule has 1 aliphatic carbocycles. The maximum atomic E-state index is 6.18. The van der Waals surface area contributed by atoms with Crippen molar-refractivity contribution in [3.05, 3.63) is 63.1 Å². The summed E-state index contributed by atoms with van der Waals surface area (Å²) < 4.78 is 0.908. The van der Waals surface area contributed by atoms with Crippen molar-refractivity contribution in [3.8, 4) is 0 Å². The first kappa shape index (κ1) is 14.9. The topological polar surface area (TPSA) is 38.0 Å². The second kappa shape index (κ2) is 5.99. The van der Waals surface area contributed by atoms with Gasteiger partial charge in [0.25, 0.3) is 0 Å². The molecule has 2 aromatic carbocycles. The zero-order chi connectivity index (χ0) is 14.9. The van der Waals surface area contributed by atoms with E-state index < -0.39 is 0 Å². The van der Waals surface area contributed by atoms with Gasteiger partial charge in [0, 0.05) is 16.7 Å². The summed E-state index contributed by atoms with van der Waals surface area (Å²) in [5, 5.41) is 4.33. The summed E-state index contributed by atoms with van der Waals surface area (Å²) in [6.07, 6.45) is 3.05. The third kappa shape index (κ3) is 3.10. The molecule has 0 spiro atoms. The van der Waals surface area contributed by atoms with Crippen LogP contribution in [0.3, 0.4) is 0 Å². The molecule has 21 heavy (non-hydrogen) atoms. The molecule has 3 rings (SSSR count). The lowest BCUT2D eigenvalue weighted by Gasteiger charge is -2.39.